The van der Waals surface area contributed by atoms with Crippen LogP contribution in [0.3, 0.4) is 0 Å². The van der Waals surface area contributed by atoms with E-state index in [4.69, 9.17) is 10.5 Å². The van der Waals surface area contributed by atoms with Gasteiger partial charge in [0.2, 0.25) is 0 Å². The summed E-state index contributed by atoms with van der Waals surface area (Å²) in [5.74, 6) is 0.00494. The Morgan fingerprint density at radius 2 is 2.24 bits per heavy atom. The number of alkyl halides is 1. The molecular weight excluding hydrogens is 277 g/mol. The summed E-state index contributed by atoms with van der Waals surface area (Å²) in [5, 5.41) is 10.6. The Bertz CT molecular complexity index is 732. The molecule has 0 aromatic carbocycles. The van der Waals surface area contributed by atoms with Crippen molar-refractivity contribution in [3.63, 3.8) is 0 Å². The summed E-state index contributed by atoms with van der Waals surface area (Å²) in [6, 6.07) is 0. The highest BCUT2D eigenvalue weighted by Gasteiger charge is 2.84. The number of nitrogens with two attached hydrogens (primary N) is 1. The van der Waals surface area contributed by atoms with Crippen molar-refractivity contribution in [3.05, 3.63) is 12.7 Å². The summed E-state index contributed by atoms with van der Waals surface area (Å²) in [6.07, 6.45) is 0.776. The molecular formula is C13H16FN5O2. The van der Waals surface area contributed by atoms with Crippen LogP contribution in [-0.4, -0.2) is 42.0 Å². The number of aliphatic hydroxyl groups is 1. The molecule has 0 amide bonds. The van der Waals surface area contributed by atoms with Crippen LogP contribution in [0.4, 0.5) is 10.2 Å². The van der Waals surface area contributed by atoms with Gasteiger partial charge in [-0.2, -0.15) is 0 Å². The second-order valence-electron chi connectivity index (χ2n) is 5.78. The van der Waals surface area contributed by atoms with E-state index < -0.39 is 23.6 Å². The molecule has 1 saturated carbocycles. The maximum atomic E-state index is 14.8. The molecule has 3 N–H and O–H groups in total. The van der Waals surface area contributed by atoms with E-state index in [1.54, 1.807) is 6.92 Å². The van der Waals surface area contributed by atoms with Gasteiger partial charge in [-0.15, -0.1) is 0 Å². The zero-order chi connectivity index (χ0) is 15.0. The summed E-state index contributed by atoms with van der Waals surface area (Å²) < 4.78 is 22.2. The Morgan fingerprint density at radius 1 is 1.48 bits per heavy atom. The predicted octanol–water partition coefficient (Wildman–Crippen LogP) is 0.805. The summed E-state index contributed by atoms with van der Waals surface area (Å²) in [5.41, 5.74) is 4.26. The first kappa shape index (κ1) is 12.9. The van der Waals surface area contributed by atoms with Crippen molar-refractivity contribution < 1.29 is 14.2 Å². The second-order valence-corrected chi connectivity index (χ2v) is 5.78. The highest BCUT2D eigenvalue weighted by Crippen LogP contribution is 2.69. The molecule has 1 unspecified atom stereocenters. The van der Waals surface area contributed by atoms with E-state index in [9.17, 15) is 9.50 Å². The van der Waals surface area contributed by atoms with E-state index in [2.05, 4.69) is 15.0 Å². The molecule has 2 aliphatic rings. The van der Waals surface area contributed by atoms with Crippen LogP contribution in [-0.2, 0) is 4.74 Å². The lowest BCUT2D eigenvalue weighted by atomic mass is 10.1. The van der Waals surface area contributed by atoms with Gasteiger partial charge in [0.15, 0.2) is 23.9 Å². The van der Waals surface area contributed by atoms with Crippen LogP contribution in [0.2, 0.25) is 0 Å². The number of aromatic nitrogens is 4. The van der Waals surface area contributed by atoms with E-state index in [0.29, 0.717) is 17.6 Å². The fourth-order valence-corrected chi connectivity index (χ4v) is 3.80. The molecule has 0 radical (unpaired) electrons. The number of anilines is 1. The van der Waals surface area contributed by atoms with Gasteiger partial charge in [0.1, 0.15) is 23.0 Å². The molecule has 0 bridgehead atoms. The Hall–Kier alpha value is -1.80. The van der Waals surface area contributed by atoms with Crippen molar-refractivity contribution in [1.29, 1.82) is 0 Å². The van der Waals surface area contributed by atoms with Gasteiger partial charge < -0.3 is 15.6 Å². The molecule has 7 nitrogen and oxygen atoms in total. The normalized spacial score (nSPS) is 41.4. The average Bonchev–Trinajstić information content (AvgIpc) is 2.82. The number of nitrogens with zero attached hydrogens (tertiary/aromatic N) is 4. The lowest BCUT2D eigenvalue weighted by Crippen LogP contribution is -2.31. The van der Waals surface area contributed by atoms with Crippen LogP contribution in [0.5, 0.6) is 0 Å². The molecule has 1 aliphatic heterocycles. The van der Waals surface area contributed by atoms with E-state index in [-0.39, 0.29) is 11.7 Å². The zero-order valence-electron chi connectivity index (χ0n) is 11.7. The minimum atomic E-state index is -1.54. The minimum Gasteiger partial charge on any atom is -0.383 e. The van der Waals surface area contributed by atoms with Crippen molar-refractivity contribution in [3.8, 4) is 0 Å². The fourth-order valence-electron chi connectivity index (χ4n) is 3.80. The molecule has 0 spiro atoms. The first-order valence-corrected chi connectivity index (χ1v) is 6.94. The molecule has 4 rings (SSSR count). The summed E-state index contributed by atoms with van der Waals surface area (Å²) in [6.45, 7) is 3.69. The van der Waals surface area contributed by atoms with Crippen LogP contribution >= 0.6 is 0 Å². The smallest absolute Gasteiger partial charge is 0.177 e. The monoisotopic (exact) mass is 293 g/mol. The van der Waals surface area contributed by atoms with E-state index >= 15 is 0 Å². The quantitative estimate of drug-likeness (QED) is 0.850. The van der Waals surface area contributed by atoms with Gasteiger partial charge in [0.05, 0.1) is 6.33 Å². The number of hydrogen-bond acceptors (Lipinski definition) is 6. The highest BCUT2D eigenvalue weighted by molar-refractivity contribution is 5.81. The largest absolute Gasteiger partial charge is 0.383 e. The third kappa shape index (κ3) is 1.23. The van der Waals surface area contributed by atoms with E-state index in [0.717, 1.165) is 0 Å². The molecule has 2 fully saturated rings. The third-order valence-electron chi connectivity index (χ3n) is 5.14. The number of nitrogen functional groups attached to an aromatic ring is 1. The minimum absolute atomic E-state index is 0.226. The maximum Gasteiger partial charge on any atom is 0.177 e. The van der Waals surface area contributed by atoms with Crippen LogP contribution in [0.15, 0.2) is 12.7 Å². The Kier molecular flexibility index (Phi) is 2.27. The van der Waals surface area contributed by atoms with Crippen LogP contribution in [0.1, 0.15) is 26.5 Å². The maximum absolute atomic E-state index is 14.8. The fraction of sp³-hybridized carbons (Fsp3) is 0.615. The second kappa shape index (κ2) is 3.69. The molecule has 2 aromatic rings. The molecule has 1 saturated heterocycles. The summed E-state index contributed by atoms with van der Waals surface area (Å²) in [4.78, 5) is 12.1. The van der Waals surface area contributed by atoms with Crippen molar-refractivity contribution in [2.45, 2.75) is 43.9 Å². The van der Waals surface area contributed by atoms with Gasteiger partial charge >= 0.3 is 0 Å². The number of halogens is 1. The number of imidazole rings is 1. The molecule has 1 aliphatic carbocycles. The van der Waals surface area contributed by atoms with Crippen molar-refractivity contribution in [2.24, 2.45) is 5.92 Å². The number of ether oxygens (including phenoxy) is 1. The summed E-state index contributed by atoms with van der Waals surface area (Å²) >= 11 is 0. The third-order valence-corrected chi connectivity index (χ3v) is 5.14. The van der Waals surface area contributed by atoms with Crippen LogP contribution in [0, 0.1) is 5.92 Å². The molecule has 3 heterocycles. The first-order chi connectivity index (χ1) is 9.97. The Morgan fingerprint density at radius 3 is 2.90 bits per heavy atom. The van der Waals surface area contributed by atoms with Crippen molar-refractivity contribution >= 4 is 17.0 Å². The number of rotatable bonds is 2. The van der Waals surface area contributed by atoms with Gasteiger partial charge in [-0.05, 0) is 6.42 Å². The standard InChI is InChI=1S/C13H16FN5O2/c1-3-12-6(2)13(12,20)8(14)11(21-12)19-5-18-7-9(15)16-4-17-10(7)19/h4-6,8,11,20H,3H2,1-2H3,(H2,15,16,17)/t6?,8-,11+,12+,13-/m0/s1. The van der Waals surface area contributed by atoms with Gasteiger partial charge in [-0.3, -0.25) is 4.57 Å². The van der Waals surface area contributed by atoms with E-state index in [1.807, 2.05) is 6.92 Å². The number of fused-ring (bicyclic) bond motifs is 2. The molecule has 21 heavy (non-hydrogen) atoms. The van der Waals surface area contributed by atoms with Gasteiger partial charge in [0, 0.05) is 5.92 Å². The SMILES string of the molecule is CC[C@]12O[C@@H](n3cnc4c(N)ncnc43)[C@H](F)[C@@]1(O)C2C. The zero-order valence-corrected chi connectivity index (χ0v) is 11.7. The van der Waals surface area contributed by atoms with Gasteiger partial charge in [-0.1, -0.05) is 13.8 Å². The lowest BCUT2D eigenvalue weighted by molar-refractivity contribution is -0.0706. The van der Waals surface area contributed by atoms with Crippen LogP contribution in [0.25, 0.3) is 11.2 Å². The lowest BCUT2D eigenvalue weighted by Gasteiger charge is -2.22. The van der Waals surface area contributed by atoms with Crippen LogP contribution < -0.4 is 5.73 Å². The molecule has 2 aromatic heterocycles. The Labute approximate surface area is 120 Å². The van der Waals surface area contributed by atoms with Crippen molar-refractivity contribution in [2.75, 3.05) is 5.73 Å². The van der Waals surface area contributed by atoms with Crippen molar-refractivity contribution in [1.82, 2.24) is 19.5 Å². The summed E-state index contributed by atoms with van der Waals surface area (Å²) in [7, 11) is 0. The van der Waals surface area contributed by atoms with Gasteiger partial charge in [-0.25, -0.2) is 19.3 Å². The van der Waals surface area contributed by atoms with E-state index in [1.165, 1.54) is 17.2 Å². The number of hydrogen-bond donors (Lipinski definition) is 2. The topological polar surface area (TPSA) is 99.1 Å². The molecule has 112 valence electrons. The first-order valence-electron chi connectivity index (χ1n) is 6.94. The predicted molar refractivity (Wildman–Crippen MR) is 71.9 cm³/mol. The highest BCUT2D eigenvalue weighted by atomic mass is 19.1. The Balaban J connectivity index is 1.80. The molecule has 5 atom stereocenters. The average molecular weight is 293 g/mol. The van der Waals surface area contributed by atoms with Gasteiger partial charge in [0.25, 0.3) is 0 Å². The molecule has 8 heteroatoms.